The standard InChI is InChI=1S/C22H27N5O2/c1-25(2)21(28)16-29-19-10-4-3-8-17(19)14-26-12-7-9-18(15-26)22-24-23-20-11-5-6-13-27(20)22/h3-6,8,10-11,13,18H,7,9,12,14-16H2,1-2H3. The molecule has 7 heteroatoms. The number of pyridine rings is 1. The van der Waals surface area contributed by atoms with Gasteiger partial charge in [-0.25, -0.2) is 0 Å². The molecular formula is C22H27N5O2. The van der Waals surface area contributed by atoms with Crippen molar-refractivity contribution in [2.45, 2.75) is 25.3 Å². The summed E-state index contributed by atoms with van der Waals surface area (Å²) in [5.41, 5.74) is 2.00. The number of carbonyl (C=O) groups is 1. The van der Waals surface area contributed by atoms with Gasteiger partial charge in [-0.15, -0.1) is 10.2 Å². The number of likely N-dealkylation sites (tertiary alicyclic amines) is 1. The normalized spacial score (nSPS) is 17.4. The van der Waals surface area contributed by atoms with Crippen LogP contribution in [0.15, 0.2) is 48.7 Å². The number of piperidine rings is 1. The average molecular weight is 393 g/mol. The first-order valence-corrected chi connectivity index (χ1v) is 10.0. The Morgan fingerprint density at radius 1 is 1.17 bits per heavy atom. The highest BCUT2D eigenvalue weighted by atomic mass is 16.5. The van der Waals surface area contributed by atoms with E-state index in [0.717, 1.165) is 55.3 Å². The molecule has 1 amide bonds. The molecule has 7 nitrogen and oxygen atoms in total. The lowest BCUT2D eigenvalue weighted by Gasteiger charge is -2.32. The highest BCUT2D eigenvalue weighted by molar-refractivity contribution is 5.77. The van der Waals surface area contributed by atoms with E-state index in [2.05, 4.69) is 25.6 Å². The Kier molecular flexibility index (Phi) is 5.76. The molecule has 3 aromatic rings. The molecule has 29 heavy (non-hydrogen) atoms. The highest BCUT2D eigenvalue weighted by Crippen LogP contribution is 2.28. The van der Waals surface area contributed by atoms with E-state index in [1.807, 2.05) is 42.6 Å². The van der Waals surface area contributed by atoms with Crippen LogP contribution in [-0.2, 0) is 11.3 Å². The van der Waals surface area contributed by atoms with Gasteiger partial charge in [0.1, 0.15) is 11.6 Å². The maximum Gasteiger partial charge on any atom is 0.259 e. The Bertz CT molecular complexity index is 984. The Hall–Kier alpha value is -2.93. The van der Waals surface area contributed by atoms with E-state index in [9.17, 15) is 4.79 Å². The van der Waals surface area contributed by atoms with Gasteiger partial charge in [-0.05, 0) is 37.6 Å². The molecule has 1 unspecified atom stereocenters. The molecule has 1 atom stereocenters. The monoisotopic (exact) mass is 393 g/mol. The first-order valence-electron chi connectivity index (χ1n) is 10.0. The molecule has 1 aliphatic rings. The van der Waals surface area contributed by atoms with Gasteiger partial charge in [0.2, 0.25) is 0 Å². The van der Waals surface area contributed by atoms with E-state index in [1.54, 1.807) is 19.0 Å². The summed E-state index contributed by atoms with van der Waals surface area (Å²) in [5, 5.41) is 8.77. The van der Waals surface area contributed by atoms with Crippen molar-refractivity contribution < 1.29 is 9.53 Å². The quantitative estimate of drug-likeness (QED) is 0.644. The van der Waals surface area contributed by atoms with Crippen molar-refractivity contribution in [3.8, 4) is 5.75 Å². The van der Waals surface area contributed by atoms with Crippen molar-refractivity contribution in [1.82, 2.24) is 24.4 Å². The van der Waals surface area contributed by atoms with Crippen molar-refractivity contribution in [3.63, 3.8) is 0 Å². The van der Waals surface area contributed by atoms with Gasteiger partial charge in [-0.1, -0.05) is 24.3 Å². The first kappa shape index (κ1) is 19.4. The molecule has 0 aliphatic carbocycles. The van der Waals surface area contributed by atoms with E-state index in [-0.39, 0.29) is 12.5 Å². The van der Waals surface area contributed by atoms with Crippen molar-refractivity contribution >= 4 is 11.6 Å². The van der Waals surface area contributed by atoms with E-state index in [1.165, 1.54) is 0 Å². The Morgan fingerprint density at radius 2 is 2.00 bits per heavy atom. The third kappa shape index (κ3) is 4.40. The number of hydrogen-bond donors (Lipinski definition) is 0. The van der Waals surface area contributed by atoms with Gasteiger partial charge in [0.15, 0.2) is 12.3 Å². The van der Waals surface area contributed by atoms with Crippen LogP contribution in [0.4, 0.5) is 0 Å². The number of amides is 1. The maximum absolute atomic E-state index is 11.9. The number of para-hydroxylation sites is 1. The van der Waals surface area contributed by atoms with E-state index in [0.29, 0.717) is 5.92 Å². The molecule has 1 fully saturated rings. The summed E-state index contributed by atoms with van der Waals surface area (Å²) in [6.45, 7) is 2.82. The number of hydrogen-bond acceptors (Lipinski definition) is 5. The second-order valence-electron chi connectivity index (χ2n) is 7.75. The molecular weight excluding hydrogens is 366 g/mol. The number of fused-ring (bicyclic) bond motifs is 1. The summed E-state index contributed by atoms with van der Waals surface area (Å²) in [6.07, 6.45) is 4.27. The fourth-order valence-corrected chi connectivity index (χ4v) is 3.83. The van der Waals surface area contributed by atoms with Crippen molar-refractivity contribution in [1.29, 1.82) is 0 Å². The van der Waals surface area contributed by atoms with Crippen LogP contribution in [0.5, 0.6) is 5.75 Å². The number of carbonyl (C=O) groups excluding carboxylic acids is 1. The summed E-state index contributed by atoms with van der Waals surface area (Å²) in [4.78, 5) is 15.9. The molecule has 0 radical (unpaired) electrons. The molecule has 0 N–H and O–H groups in total. The lowest BCUT2D eigenvalue weighted by molar-refractivity contribution is -0.130. The molecule has 3 heterocycles. The Labute approximate surface area is 170 Å². The fourth-order valence-electron chi connectivity index (χ4n) is 3.83. The summed E-state index contributed by atoms with van der Waals surface area (Å²) < 4.78 is 7.91. The summed E-state index contributed by atoms with van der Waals surface area (Å²) in [7, 11) is 3.47. The molecule has 0 saturated carbocycles. The van der Waals surface area contributed by atoms with Gasteiger partial charge < -0.3 is 9.64 Å². The minimum absolute atomic E-state index is 0.0449. The molecule has 1 aliphatic heterocycles. The minimum Gasteiger partial charge on any atom is -0.483 e. The lowest BCUT2D eigenvalue weighted by Crippen LogP contribution is -2.34. The molecule has 152 valence electrons. The maximum atomic E-state index is 11.9. The smallest absolute Gasteiger partial charge is 0.259 e. The predicted molar refractivity (Wildman–Crippen MR) is 111 cm³/mol. The molecule has 4 rings (SSSR count). The number of benzene rings is 1. The summed E-state index contributed by atoms with van der Waals surface area (Å²) in [6, 6.07) is 14.0. The topological polar surface area (TPSA) is 63.0 Å². The number of ether oxygens (including phenoxy) is 1. The summed E-state index contributed by atoms with van der Waals surface area (Å²) in [5.74, 6) is 2.12. The van der Waals surface area contributed by atoms with Gasteiger partial charge in [0.05, 0.1) is 0 Å². The third-order valence-electron chi connectivity index (χ3n) is 5.43. The zero-order valence-electron chi connectivity index (χ0n) is 17.0. The zero-order valence-corrected chi connectivity index (χ0v) is 17.0. The third-order valence-corrected chi connectivity index (χ3v) is 5.43. The number of nitrogens with zero attached hydrogens (tertiary/aromatic N) is 5. The second-order valence-corrected chi connectivity index (χ2v) is 7.75. The fraction of sp³-hybridized carbons (Fsp3) is 0.409. The predicted octanol–water partition coefficient (Wildman–Crippen LogP) is 2.58. The molecule has 0 bridgehead atoms. The van der Waals surface area contributed by atoms with Gasteiger partial charge in [-0.3, -0.25) is 14.1 Å². The SMILES string of the molecule is CN(C)C(=O)COc1ccccc1CN1CCCC(c2nnc3ccccn23)C1. The molecule has 2 aromatic heterocycles. The van der Waals surface area contributed by atoms with Crippen molar-refractivity contribution in [3.05, 3.63) is 60.0 Å². The highest BCUT2D eigenvalue weighted by Gasteiger charge is 2.25. The Morgan fingerprint density at radius 3 is 2.86 bits per heavy atom. The molecule has 0 spiro atoms. The van der Waals surface area contributed by atoms with Gasteiger partial charge in [0.25, 0.3) is 5.91 Å². The van der Waals surface area contributed by atoms with Crippen LogP contribution >= 0.6 is 0 Å². The van der Waals surface area contributed by atoms with E-state index in [4.69, 9.17) is 4.74 Å². The van der Waals surface area contributed by atoms with Crippen LogP contribution < -0.4 is 4.74 Å². The van der Waals surface area contributed by atoms with Crippen molar-refractivity contribution in [2.75, 3.05) is 33.8 Å². The zero-order chi connectivity index (χ0) is 20.2. The largest absolute Gasteiger partial charge is 0.483 e. The summed E-state index contributed by atoms with van der Waals surface area (Å²) >= 11 is 0. The minimum atomic E-state index is -0.0449. The number of aromatic nitrogens is 3. The molecule has 1 saturated heterocycles. The van der Waals surface area contributed by atoms with Crippen LogP contribution in [0.25, 0.3) is 5.65 Å². The van der Waals surface area contributed by atoms with Crippen molar-refractivity contribution in [2.24, 2.45) is 0 Å². The lowest BCUT2D eigenvalue weighted by atomic mass is 9.96. The van der Waals surface area contributed by atoms with Gasteiger partial charge in [0, 0.05) is 44.9 Å². The van der Waals surface area contributed by atoms with Crippen LogP contribution in [0.3, 0.4) is 0 Å². The van der Waals surface area contributed by atoms with Gasteiger partial charge in [-0.2, -0.15) is 0 Å². The van der Waals surface area contributed by atoms with E-state index < -0.39 is 0 Å². The van der Waals surface area contributed by atoms with E-state index >= 15 is 0 Å². The Balaban J connectivity index is 1.45. The van der Waals surface area contributed by atoms with Gasteiger partial charge >= 0.3 is 0 Å². The first-order chi connectivity index (χ1) is 14.1. The van der Waals surface area contributed by atoms with Crippen LogP contribution in [0, 0.1) is 0 Å². The second kappa shape index (κ2) is 8.61. The molecule has 1 aromatic carbocycles. The number of rotatable bonds is 6. The number of likely N-dealkylation sites (N-methyl/N-ethyl adjacent to an activating group) is 1. The van der Waals surface area contributed by atoms with Crippen LogP contribution in [0.1, 0.15) is 30.1 Å². The average Bonchev–Trinajstić information content (AvgIpc) is 3.17. The van der Waals surface area contributed by atoms with Crippen LogP contribution in [-0.4, -0.2) is 64.1 Å². The van der Waals surface area contributed by atoms with Crippen LogP contribution in [0.2, 0.25) is 0 Å².